The van der Waals surface area contributed by atoms with Gasteiger partial charge in [0.2, 0.25) is 11.8 Å². The summed E-state index contributed by atoms with van der Waals surface area (Å²) in [5.41, 5.74) is 7.71. The highest BCUT2D eigenvalue weighted by atomic mass is 16.2. The van der Waals surface area contributed by atoms with Gasteiger partial charge in [0, 0.05) is 25.1 Å². The Hall–Kier alpha value is -3.22. The maximum absolute atomic E-state index is 12.8. The van der Waals surface area contributed by atoms with Crippen LogP contribution in [0.5, 0.6) is 0 Å². The molecule has 31 heavy (non-hydrogen) atoms. The molecule has 162 valence electrons. The van der Waals surface area contributed by atoms with Gasteiger partial charge >= 0.3 is 0 Å². The minimum atomic E-state index is -0.477. The minimum Gasteiger partial charge on any atom is -0.369 e. The van der Waals surface area contributed by atoms with Crippen molar-refractivity contribution in [2.75, 3.05) is 11.4 Å². The molecule has 2 amide bonds. The van der Waals surface area contributed by atoms with Gasteiger partial charge in [-0.3, -0.25) is 19.4 Å². The highest BCUT2D eigenvalue weighted by Crippen LogP contribution is 2.32. The summed E-state index contributed by atoms with van der Waals surface area (Å²) in [6.07, 6.45) is 2.47. The lowest BCUT2D eigenvalue weighted by Gasteiger charge is -2.37. The van der Waals surface area contributed by atoms with Gasteiger partial charge in [-0.25, -0.2) is 9.98 Å². The summed E-state index contributed by atoms with van der Waals surface area (Å²) in [4.78, 5) is 37.8. The van der Waals surface area contributed by atoms with Crippen LogP contribution in [0.2, 0.25) is 0 Å². The Morgan fingerprint density at radius 3 is 2.58 bits per heavy atom. The molecule has 0 bridgehead atoms. The molecule has 0 aliphatic carbocycles. The van der Waals surface area contributed by atoms with E-state index in [0.29, 0.717) is 31.7 Å². The molecule has 7 nitrogen and oxygen atoms in total. The van der Waals surface area contributed by atoms with E-state index >= 15 is 0 Å². The number of nitrogens with two attached hydrogens (primary N) is 1. The van der Waals surface area contributed by atoms with Gasteiger partial charge in [0.25, 0.3) is 0 Å². The lowest BCUT2D eigenvalue weighted by molar-refractivity contribution is -0.130. The third kappa shape index (κ3) is 4.17. The first kappa shape index (κ1) is 21.0. The van der Waals surface area contributed by atoms with E-state index < -0.39 is 5.54 Å². The SMILES string of the molecule is CC(C)C1(C)CC(=O)N(Cc2ccnc(N3CC(c4ccccc4)CC3=O)c2)C(N)=N1. The van der Waals surface area contributed by atoms with Crippen LogP contribution in [0.4, 0.5) is 5.82 Å². The number of hydrogen-bond acceptors (Lipinski definition) is 5. The Morgan fingerprint density at radius 1 is 1.16 bits per heavy atom. The van der Waals surface area contributed by atoms with E-state index in [1.54, 1.807) is 11.1 Å². The van der Waals surface area contributed by atoms with Crippen molar-refractivity contribution in [3.8, 4) is 0 Å². The molecule has 0 spiro atoms. The number of carbonyl (C=O) groups is 2. The Labute approximate surface area is 183 Å². The fraction of sp³-hybridized carbons (Fsp3) is 0.417. The van der Waals surface area contributed by atoms with Crippen molar-refractivity contribution < 1.29 is 9.59 Å². The van der Waals surface area contributed by atoms with Crippen molar-refractivity contribution in [2.24, 2.45) is 16.6 Å². The van der Waals surface area contributed by atoms with Crippen molar-refractivity contribution in [3.63, 3.8) is 0 Å². The van der Waals surface area contributed by atoms with Gasteiger partial charge in [0.1, 0.15) is 5.82 Å². The number of pyridine rings is 1. The van der Waals surface area contributed by atoms with Crippen LogP contribution in [-0.2, 0) is 16.1 Å². The zero-order chi connectivity index (χ0) is 22.2. The van der Waals surface area contributed by atoms with Gasteiger partial charge < -0.3 is 5.73 Å². The summed E-state index contributed by atoms with van der Waals surface area (Å²) in [5, 5.41) is 0. The second-order valence-electron chi connectivity index (χ2n) is 8.98. The molecule has 1 fully saturated rings. The number of aromatic nitrogens is 1. The standard InChI is InChI=1S/C24H29N5O2/c1-16(2)24(3)13-22(31)29(23(25)27-24)14-17-9-10-26-20(11-17)28-15-19(12-21(28)30)18-7-5-4-6-8-18/h4-11,16,19H,12-15H2,1-3H3,(H2,25,27). The number of guanidine groups is 1. The molecule has 7 heteroatoms. The predicted octanol–water partition coefficient (Wildman–Crippen LogP) is 3.06. The van der Waals surface area contributed by atoms with E-state index in [0.717, 1.165) is 11.1 Å². The largest absolute Gasteiger partial charge is 0.369 e. The smallest absolute Gasteiger partial charge is 0.232 e. The Balaban J connectivity index is 1.52. The molecule has 1 saturated heterocycles. The number of anilines is 1. The third-order valence-corrected chi connectivity index (χ3v) is 6.52. The van der Waals surface area contributed by atoms with Crippen molar-refractivity contribution in [1.82, 2.24) is 9.88 Å². The maximum atomic E-state index is 12.8. The number of rotatable bonds is 5. The molecule has 4 rings (SSSR count). The van der Waals surface area contributed by atoms with Gasteiger partial charge in [-0.2, -0.15) is 0 Å². The number of benzene rings is 1. The number of hydrogen-bond donors (Lipinski definition) is 1. The minimum absolute atomic E-state index is 0.0385. The summed E-state index contributed by atoms with van der Waals surface area (Å²) in [6, 6.07) is 13.8. The molecule has 2 aromatic rings. The molecule has 3 heterocycles. The number of carbonyl (C=O) groups excluding carboxylic acids is 2. The molecule has 2 aliphatic heterocycles. The topological polar surface area (TPSA) is 91.9 Å². The van der Waals surface area contributed by atoms with Crippen LogP contribution < -0.4 is 10.6 Å². The predicted molar refractivity (Wildman–Crippen MR) is 120 cm³/mol. The third-order valence-electron chi connectivity index (χ3n) is 6.52. The first-order valence-electron chi connectivity index (χ1n) is 10.7. The average molecular weight is 420 g/mol. The summed E-state index contributed by atoms with van der Waals surface area (Å²) < 4.78 is 0. The molecule has 1 aromatic carbocycles. The molecule has 0 saturated carbocycles. The van der Waals surface area contributed by atoms with Crippen LogP contribution in [0, 0.1) is 5.92 Å². The lowest BCUT2D eigenvalue weighted by Crippen LogP contribution is -2.51. The molecule has 1 aromatic heterocycles. The van der Waals surface area contributed by atoms with Gasteiger partial charge in [-0.1, -0.05) is 44.2 Å². The van der Waals surface area contributed by atoms with Gasteiger partial charge in [0.05, 0.1) is 18.5 Å². The van der Waals surface area contributed by atoms with E-state index in [1.807, 2.05) is 51.1 Å². The van der Waals surface area contributed by atoms with E-state index in [4.69, 9.17) is 5.73 Å². The van der Waals surface area contributed by atoms with Crippen molar-refractivity contribution >= 4 is 23.6 Å². The number of nitrogens with zero attached hydrogens (tertiary/aromatic N) is 4. The second-order valence-corrected chi connectivity index (χ2v) is 8.98. The van der Waals surface area contributed by atoms with Crippen LogP contribution in [0.15, 0.2) is 53.7 Å². The molecular weight excluding hydrogens is 390 g/mol. The number of amides is 2. The van der Waals surface area contributed by atoms with Crippen molar-refractivity contribution in [1.29, 1.82) is 0 Å². The van der Waals surface area contributed by atoms with Gasteiger partial charge in [-0.05, 0) is 36.1 Å². The highest BCUT2D eigenvalue weighted by Gasteiger charge is 2.38. The quantitative estimate of drug-likeness (QED) is 0.806. The van der Waals surface area contributed by atoms with Crippen LogP contribution in [-0.4, -0.2) is 39.7 Å². The maximum Gasteiger partial charge on any atom is 0.232 e. The lowest BCUT2D eigenvalue weighted by atomic mass is 9.84. The molecule has 2 unspecified atom stereocenters. The molecule has 0 radical (unpaired) electrons. The summed E-state index contributed by atoms with van der Waals surface area (Å²) in [7, 11) is 0. The second kappa shape index (κ2) is 8.13. The van der Waals surface area contributed by atoms with Crippen LogP contribution >= 0.6 is 0 Å². The number of aliphatic imine (C=N–C) groups is 1. The van der Waals surface area contributed by atoms with E-state index in [1.165, 1.54) is 4.90 Å². The van der Waals surface area contributed by atoms with Crippen LogP contribution in [0.3, 0.4) is 0 Å². The monoisotopic (exact) mass is 419 g/mol. The molecule has 2 atom stereocenters. The fourth-order valence-electron chi connectivity index (χ4n) is 4.16. The normalized spacial score (nSPS) is 24.1. The van der Waals surface area contributed by atoms with Crippen LogP contribution in [0.1, 0.15) is 50.7 Å². The Kier molecular flexibility index (Phi) is 5.52. The summed E-state index contributed by atoms with van der Waals surface area (Å²) in [5.74, 6) is 1.23. The molecular formula is C24H29N5O2. The Bertz CT molecular complexity index is 1020. The summed E-state index contributed by atoms with van der Waals surface area (Å²) >= 11 is 0. The zero-order valence-corrected chi connectivity index (χ0v) is 18.3. The fourth-order valence-corrected chi connectivity index (χ4v) is 4.16. The van der Waals surface area contributed by atoms with Gasteiger partial charge in [0.15, 0.2) is 5.96 Å². The zero-order valence-electron chi connectivity index (χ0n) is 18.3. The van der Waals surface area contributed by atoms with Gasteiger partial charge in [-0.15, -0.1) is 0 Å². The van der Waals surface area contributed by atoms with Crippen molar-refractivity contribution in [2.45, 2.75) is 51.6 Å². The molecule has 2 aliphatic rings. The first-order chi connectivity index (χ1) is 14.8. The van der Waals surface area contributed by atoms with Crippen molar-refractivity contribution in [3.05, 3.63) is 59.8 Å². The van der Waals surface area contributed by atoms with E-state index in [9.17, 15) is 9.59 Å². The van der Waals surface area contributed by atoms with E-state index in [2.05, 4.69) is 22.1 Å². The summed E-state index contributed by atoms with van der Waals surface area (Å²) in [6.45, 7) is 6.96. The molecule has 2 N–H and O–H groups in total. The highest BCUT2D eigenvalue weighted by molar-refractivity contribution is 5.99. The Morgan fingerprint density at radius 2 is 1.90 bits per heavy atom. The average Bonchev–Trinajstić information content (AvgIpc) is 3.13. The van der Waals surface area contributed by atoms with Crippen LogP contribution in [0.25, 0.3) is 0 Å². The first-order valence-corrected chi connectivity index (χ1v) is 10.7. The van der Waals surface area contributed by atoms with E-state index in [-0.39, 0.29) is 29.6 Å².